The Morgan fingerprint density at radius 1 is 1.20 bits per heavy atom. The van der Waals surface area contributed by atoms with Crippen LogP contribution in [0.5, 0.6) is 0 Å². The Kier molecular flexibility index (Phi) is 3.22. The lowest BCUT2D eigenvalue weighted by molar-refractivity contribution is 0.0165. The Bertz CT molecular complexity index is 336. The van der Waals surface area contributed by atoms with Crippen molar-refractivity contribution in [1.29, 1.82) is 0 Å². The van der Waals surface area contributed by atoms with E-state index < -0.39 is 11.6 Å². The lowest BCUT2D eigenvalue weighted by Gasteiger charge is -2.26. The van der Waals surface area contributed by atoms with Gasteiger partial charge in [-0.2, -0.15) is 0 Å². The van der Waals surface area contributed by atoms with Gasteiger partial charge in [0.2, 0.25) is 0 Å². The molecule has 1 fully saturated rings. The van der Waals surface area contributed by atoms with Crippen LogP contribution in [0.4, 0.5) is 8.78 Å². The number of hydrogen-bond donors (Lipinski definition) is 0. The number of rotatable bonds is 1. The fraction of sp³-hybridized carbons (Fsp3) is 0.455. The molecule has 0 bridgehead atoms. The van der Waals surface area contributed by atoms with Crippen LogP contribution in [0.3, 0.4) is 0 Å². The summed E-state index contributed by atoms with van der Waals surface area (Å²) in [6.45, 7) is 0.539. The molecule has 2 rings (SSSR count). The first-order valence-electron chi connectivity index (χ1n) is 4.87. The number of ether oxygens (including phenoxy) is 1. The quantitative estimate of drug-likeness (QED) is 0.674. The van der Waals surface area contributed by atoms with E-state index in [9.17, 15) is 8.78 Å². The first-order valence-corrected chi connectivity index (χ1v) is 5.30. The van der Waals surface area contributed by atoms with E-state index in [0.717, 1.165) is 12.5 Å². The normalized spacial score (nSPS) is 26.6. The summed E-state index contributed by atoms with van der Waals surface area (Å²) in [5, 5.41) is 0.0232. The highest BCUT2D eigenvalue weighted by atomic mass is 35.5. The first kappa shape index (κ1) is 10.8. The van der Waals surface area contributed by atoms with Crippen LogP contribution in [0.25, 0.3) is 0 Å². The lowest BCUT2D eigenvalue weighted by atomic mass is 10.0. The fourth-order valence-electron chi connectivity index (χ4n) is 1.75. The van der Waals surface area contributed by atoms with Gasteiger partial charge in [0.25, 0.3) is 0 Å². The van der Waals surface area contributed by atoms with Crippen LogP contribution in [0, 0.1) is 11.6 Å². The highest BCUT2D eigenvalue weighted by Gasteiger charge is 2.23. The van der Waals surface area contributed by atoms with Crippen molar-refractivity contribution in [2.75, 3.05) is 6.61 Å². The molecule has 0 saturated carbocycles. The van der Waals surface area contributed by atoms with Crippen LogP contribution in [-0.4, -0.2) is 12.0 Å². The van der Waals surface area contributed by atoms with E-state index in [2.05, 4.69) is 0 Å². The second-order valence-corrected chi connectivity index (χ2v) is 4.30. The number of alkyl halides is 1. The average molecular weight is 233 g/mol. The molecule has 0 aliphatic carbocycles. The Morgan fingerprint density at radius 2 is 1.87 bits per heavy atom. The summed E-state index contributed by atoms with van der Waals surface area (Å²) in [5.74, 6) is -1.16. The van der Waals surface area contributed by atoms with E-state index in [1.165, 1.54) is 12.1 Å². The molecule has 15 heavy (non-hydrogen) atoms. The average Bonchev–Trinajstić information content (AvgIpc) is 2.16. The van der Waals surface area contributed by atoms with Crippen molar-refractivity contribution in [3.8, 4) is 0 Å². The first-order chi connectivity index (χ1) is 7.15. The molecule has 0 amide bonds. The number of halogens is 3. The zero-order valence-corrected chi connectivity index (χ0v) is 8.81. The van der Waals surface area contributed by atoms with Gasteiger partial charge in [-0.25, -0.2) is 8.78 Å². The predicted octanol–water partition coefficient (Wildman–Crippen LogP) is 3.42. The number of hydrogen-bond acceptors (Lipinski definition) is 1. The molecule has 0 spiro atoms. The monoisotopic (exact) mass is 232 g/mol. The Hall–Kier alpha value is -0.670. The molecule has 1 aromatic carbocycles. The van der Waals surface area contributed by atoms with Crippen molar-refractivity contribution in [2.45, 2.75) is 24.3 Å². The van der Waals surface area contributed by atoms with Crippen molar-refractivity contribution >= 4 is 11.6 Å². The minimum atomic E-state index is -0.578. The second-order valence-electron chi connectivity index (χ2n) is 3.68. The van der Waals surface area contributed by atoms with Crippen molar-refractivity contribution in [2.24, 2.45) is 0 Å². The molecule has 0 radical (unpaired) electrons. The topological polar surface area (TPSA) is 9.23 Å². The van der Waals surface area contributed by atoms with Gasteiger partial charge in [-0.1, -0.05) is 0 Å². The molecule has 4 heteroatoms. The van der Waals surface area contributed by atoms with Crippen LogP contribution in [0.15, 0.2) is 18.2 Å². The van der Waals surface area contributed by atoms with Crippen molar-refractivity contribution in [1.82, 2.24) is 0 Å². The Balaban J connectivity index is 2.20. The van der Waals surface area contributed by atoms with Gasteiger partial charge < -0.3 is 4.74 Å². The zero-order valence-electron chi connectivity index (χ0n) is 8.05. The maximum atomic E-state index is 13.0. The second kappa shape index (κ2) is 4.45. The predicted molar refractivity (Wildman–Crippen MR) is 53.9 cm³/mol. The van der Waals surface area contributed by atoms with E-state index in [0.29, 0.717) is 18.6 Å². The van der Waals surface area contributed by atoms with Crippen molar-refractivity contribution in [3.05, 3.63) is 35.4 Å². The van der Waals surface area contributed by atoms with Crippen LogP contribution in [-0.2, 0) is 4.74 Å². The van der Waals surface area contributed by atoms with Gasteiger partial charge >= 0.3 is 0 Å². The van der Waals surface area contributed by atoms with E-state index >= 15 is 0 Å². The Labute approximate surface area is 92.0 Å². The third kappa shape index (κ3) is 2.67. The van der Waals surface area contributed by atoms with Gasteiger partial charge in [0.05, 0.1) is 6.10 Å². The maximum Gasteiger partial charge on any atom is 0.126 e. The van der Waals surface area contributed by atoms with Gasteiger partial charge in [0, 0.05) is 18.1 Å². The van der Waals surface area contributed by atoms with Crippen molar-refractivity contribution in [3.63, 3.8) is 0 Å². The smallest absolute Gasteiger partial charge is 0.126 e. The molecular formula is C11H11ClF2O. The van der Waals surface area contributed by atoms with Crippen LogP contribution >= 0.6 is 11.6 Å². The van der Waals surface area contributed by atoms with E-state index in [4.69, 9.17) is 16.3 Å². The molecule has 0 aromatic heterocycles. The van der Waals surface area contributed by atoms with Gasteiger partial charge in [0.1, 0.15) is 11.6 Å². The molecule has 1 aliphatic heterocycles. The van der Waals surface area contributed by atoms with Crippen molar-refractivity contribution < 1.29 is 13.5 Å². The third-order valence-electron chi connectivity index (χ3n) is 2.48. The highest BCUT2D eigenvalue weighted by Crippen LogP contribution is 2.31. The van der Waals surface area contributed by atoms with Crippen LogP contribution in [0.2, 0.25) is 0 Å². The molecule has 0 N–H and O–H groups in total. The summed E-state index contributed by atoms with van der Waals surface area (Å²) in [7, 11) is 0. The van der Waals surface area contributed by atoms with Gasteiger partial charge in [0.15, 0.2) is 0 Å². The molecule has 1 aliphatic rings. The SMILES string of the molecule is Fc1cc(F)cc(C2CC(Cl)CCO2)c1. The summed E-state index contributed by atoms with van der Waals surface area (Å²) in [4.78, 5) is 0. The highest BCUT2D eigenvalue weighted by molar-refractivity contribution is 6.20. The molecule has 82 valence electrons. The summed E-state index contributed by atoms with van der Waals surface area (Å²) in [6, 6.07) is 3.44. The molecule has 1 heterocycles. The molecule has 2 atom stereocenters. The summed E-state index contributed by atoms with van der Waals surface area (Å²) in [5.41, 5.74) is 0.526. The molecular weight excluding hydrogens is 222 g/mol. The fourth-order valence-corrected chi connectivity index (χ4v) is 2.00. The van der Waals surface area contributed by atoms with E-state index in [1.807, 2.05) is 0 Å². The van der Waals surface area contributed by atoms with Crippen LogP contribution in [0.1, 0.15) is 24.5 Å². The van der Waals surface area contributed by atoms with E-state index in [1.54, 1.807) is 0 Å². The minimum Gasteiger partial charge on any atom is -0.373 e. The Morgan fingerprint density at radius 3 is 2.47 bits per heavy atom. The molecule has 1 aromatic rings. The third-order valence-corrected chi connectivity index (χ3v) is 2.87. The minimum absolute atomic E-state index is 0.0232. The van der Waals surface area contributed by atoms with E-state index in [-0.39, 0.29) is 11.5 Å². The molecule has 2 unspecified atom stereocenters. The zero-order chi connectivity index (χ0) is 10.8. The summed E-state index contributed by atoms with van der Waals surface area (Å²) < 4.78 is 31.3. The largest absolute Gasteiger partial charge is 0.373 e. The van der Waals surface area contributed by atoms with Crippen LogP contribution < -0.4 is 0 Å². The lowest BCUT2D eigenvalue weighted by Crippen LogP contribution is -2.20. The summed E-state index contributed by atoms with van der Waals surface area (Å²) in [6.07, 6.45) is 1.10. The van der Waals surface area contributed by atoms with Gasteiger partial charge in [-0.3, -0.25) is 0 Å². The number of benzene rings is 1. The maximum absolute atomic E-state index is 13.0. The molecule has 1 nitrogen and oxygen atoms in total. The van der Waals surface area contributed by atoms with Gasteiger partial charge in [-0.15, -0.1) is 11.6 Å². The van der Waals surface area contributed by atoms with Gasteiger partial charge in [-0.05, 0) is 30.5 Å². The molecule has 1 saturated heterocycles. The standard InChI is InChI=1S/C11H11ClF2O/c12-8-1-2-15-11(5-8)7-3-9(13)6-10(14)4-7/h3-4,6,8,11H,1-2,5H2. The summed E-state index contributed by atoms with van der Waals surface area (Å²) >= 11 is 5.97.